The molecule has 0 radical (unpaired) electrons. The Morgan fingerprint density at radius 1 is 1.32 bits per heavy atom. The number of para-hydroxylation sites is 1. The van der Waals surface area contributed by atoms with E-state index >= 15 is 0 Å². The minimum absolute atomic E-state index is 0.340. The molecule has 0 spiro atoms. The van der Waals surface area contributed by atoms with Gasteiger partial charge in [0.15, 0.2) is 0 Å². The lowest BCUT2D eigenvalue weighted by molar-refractivity contribution is 0.0602. The fraction of sp³-hybridized carbons (Fsp3) is 0.143. The number of nitrogens with zero attached hydrogens (tertiary/aromatic N) is 1. The molecule has 19 heavy (non-hydrogen) atoms. The highest BCUT2D eigenvalue weighted by Crippen LogP contribution is 2.26. The normalized spacial score (nSPS) is 10.0. The molecule has 0 saturated heterocycles. The highest BCUT2D eigenvalue weighted by atomic mass is 16.5. The number of methoxy groups -OCH3 is 1. The fourth-order valence-electron chi connectivity index (χ4n) is 1.66. The Labute approximate surface area is 111 Å². The van der Waals surface area contributed by atoms with Gasteiger partial charge in [-0.2, -0.15) is 0 Å². The molecule has 0 aliphatic heterocycles. The number of rotatable bonds is 3. The van der Waals surface area contributed by atoms with Gasteiger partial charge in [-0.05, 0) is 31.2 Å². The van der Waals surface area contributed by atoms with E-state index in [4.69, 9.17) is 5.73 Å². The number of nitrogens with two attached hydrogens (primary N) is 1. The van der Waals surface area contributed by atoms with Crippen LogP contribution in [0.3, 0.4) is 0 Å². The molecule has 0 bridgehead atoms. The van der Waals surface area contributed by atoms with Gasteiger partial charge in [0.25, 0.3) is 0 Å². The van der Waals surface area contributed by atoms with Crippen LogP contribution in [0.5, 0.6) is 0 Å². The number of benzene rings is 1. The topological polar surface area (TPSA) is 77.2 Å². The number of esters is 1. The van der Waals surface area contributed by atoms with Crippen molar-refractivity contribution < 1.29 is 9.53 Å². The van der Waals surface area contributed by atoms with Gasteiger partial charge in [-0.1, -0.05) is 6.07 Å². The number of ether oxygens (including phenoxy) is 1. The van der Waals surface area contributed by atoms with Crippen molar-refractivity contribution >= 4 is 23.0 Å². The maximum absolute atomic E-state index is 11.5. The quantitative estimate of drug-likeness (QED) is 0.652. The number of aromatic nitrogens is 1. The maximum atomic E-state index is 11.5. The van der Waals surface area contributed by atoms with Crippen LogP contribution in [0.1, 0.15) is 16.1 Å². The summed E-state index contributed by atoms with van der Waals surface area (Å²) in [5.74, 6) is -0.455. The fourth-order valence-corrected chi connectivity index (χ4v) is 1.66. The predicted molar refractivity (Wildman–Crippen MR) is 74.5 cm³/mol. The molecule has 1 heterocycles. The van der Waals surface area contributed by atoms with Crippen molar-refractivity contribution in [2.75, 3.05) is 18.2 Å². The zero-order chi connectivity index (χ0) is 13.8. The van der Waals surface area contributed by atoms with Gasteiger partial charge in [0.05, 0.1) is 35.9 Å². The third-order valence-corrected chi connectivity index (χ3v) is 2.70. The molecule has 0 aliphatic carbocycles. The second kappa shape index (κ2) is 5.39. The summed E-state index contributed by atoms with van der Waals surface area (Å²) in [5, 5.41) is 3.12. The van der Waals surface area contributed by atoms with Crippen molar-refractivity contribution in [3.8, 4) is 0 Å². The number of carbonyl (C=O) groups excluding carboxylic acids is 1. The van der Waals surface area contributed by atoms with E-state index in [9.17, 15) is 4.79 Å². The van der Waals surface area contributed by atoms with E-state index in [0.29, 0.717) is 16.9 Å². The summed E-state index contributed by atoms with van der Waals surface area (Å²) in [6.45, 7) is 1.91. The second-order valence-electron chi connectivity index (χ2n) is 4.07. The van der Waals surface area contributed by atoms with E-state index in [1.165, 1.54) is 7.11 Å². The molecule has 1 aromatic carbocycles. The smallest absolute Gasteiger partial charge is 0.340 e. The number of hydrogen-bond donors (Lipinski definition) is 2. The molecule has 0 fully saturated rings. The summed E-state index contributed by atoms with van der Waals surface area (Å²) in [6.07, 6.45) is 1.71. The Balaban J connectivity index is 2.30. The van der Waals surface area contributed by atoms with Crippen LogP contribution < -0.4 is 11.1 Å². The highest BCUT2D eigenvalue weighted by molar-refractivity contribution is 5.98. The molecular weight excluding hydrogens is 242 g/mol. The molecule has 0 aliphatic rings. The maximum Gasteiger partial charge on any atom is 0.340 e. The summed E-state index contributed by atoms with van der Waals surface area (Å²) in [6, 6.07) is 8.95. The molecule has 0 atom stereocenters. The lowest BCUT2D eigenvalue weighted by atomic mass is 10.1. The number of anilines is 3. The zero-order valence-electron chi connectivity index (χ0n) is 10.8. The minimum atomic E-state index is -0.455. The molecular formula is C14H15N3O2. The number of nitrogens with one attached hydrogen (secondary N) is 1. The van der Waals surface area contributed by atoms with Crippen LogP contribution in [0, 0.1) is 6.92 Å². The van der Waals surface area contributed by atoms with Gasteiger partial charge in [0, 0.05) is 5.69 Å². The molecule has 2 aromatic rings. The number of hydrogen-bond acceptors (Lipinski definition) is 5. The van der Waals surface area contributed by atoms with Gasteiger partial charge >= 0.3 is 5.97 Å². The first-order valence-corrected chi connectivity index (χ1v) is 5.78. The molecule has 98 valence electrons. The molecule has 5 nitrogen and oxygen atoms in total. The average molecular weight is 257 g/mol. The van der Waals surface area contributed by atoms with E-state index in [0.717, 1.165) is 11.4 Å². The van der Waals surface area contributed by atoms with Gasteiger partial charge < -0.3 is 15.8 Å². The van der Waals surface area contributed by atoms with E-state index in [-0.39, 0.29) is 0 Å². The summed E-state index contributed by atoms with van der Waals surface area (Å²) in [4.78, 5) is 15.7. The third-order valence-electron chi connectivity index (χ3n) is 2.70. The van der Waals surface area contributed by atoms with Crippen molar-refractivity contribution in [2.45, 2.75) is 6.92 Å². The van der Waals surface area contributed by atoms with Crippen LogP contribution in [0.2, 0.25) is 0 Å². The van der Waals surface area contributed by atoms with Crippen LogP contribution in [0.25, 0.3) is 0 Å². The zero-order valence-corrected chi connectivity index (χ0v) is 10.8. The van der Waals surface area contributed by atoms with Gasteiger partial charge in [0.2, 0.25) is 0 Å². The minimum Gasteiger partial charge on any atom is -0.465 e. The summed E-state index contributed by atoms with van der Waals surface area (Å²) < 4.78 is 4.68. The first-order chi connectivity index (χ1) is 9.11. The van der Waals surface area contributed by atoms with E-state index in [1.54, 1.807) is 24.4 Å². The van der Waals surface area contributed by atoms with Crippen molar-refractivity contribution in [1.29, 1.82) is 0 Å². The Hall–Kier alpha value is -2.56. The highest BCUT2D eigenvalue weighted by Gasteiger charge is 2.12. The molecule has 0 unspecified atom stereocenters. The van der Waals surface area contributed by atoms with E-state index in [1.807, 2.05) is 19.1 Å². The third kappa shape index (κ3) is 2.82. The predicted octanol–water partition coefficient (Wildman–Crippen LogP) is 2.50. The van der Waals surface area contributed by atoms with Crippen LogP contribution >= 0.6 is 0 Å². The lowest BCUT2D eigenvalue weighted by Gasteiger charge is -2.11. The van der Waals surface area contributed by atoms with Crippen LogP contribution in [0.4, 0.5) is 17.1 Å². The first kappa shape index (κ1) is 12.9. The Morgan fingerprint density at radius 2 is 2.11 bits per heavy atom. The van der Waals surface area contributed by atoms with Gasteiger partial charge in [-0.25, -0.2) is 4.79 Å². The van der Waals surface area contributed by atoms with Crippen molar-refractivity contribution in [2.24, 2.45) is 0 Å². The van der Waals surface area contributed by atoms with Gasteiger partial charge in [-0.15, -0.1) is 0 Å². The van der Waals surface area contributed by atoms with E-state index < -0.39 is 5.97 Å². The van der Waals surface area contributed by atoms with Gasteiger partial charge in [-0.3, -0.25) is 4.98 Å². The molecule has 5 heteroatoms. The molecule has 2 rings (SSSR count). The Morgan fingerprint density at radius 3 is 2.74 bits per heavy atom. The van der Waals surface area contributed by atoms with Gasteiger partial charge in [0.1, 0.15) is 0 Å². The number of aryl methyl sites for hydroxylation is 1. The standard InChI is InChI=1S/C14H15N3O2/c1-9-6-7-10(8-16-9)17-12-5-3-4-11(13(12)15)14(18)19-2/h3-8,17H,15H2,1-2H3. The largest absolute Gasteiger partial charge is 0.465 e. The molecule has 0 amide bonds. The van der Waals surface area contributed by atoms with Crippen molar-refractivity contribution in [1.82, 2.24) is 4.98 Å². The second-order valence-corrected chi connectivity index (χ2v) is 4.07. The lowest BCUT2D eigenvalue weighted by Crippen LogP contribution is -2.07. The summed E-state index contributed by atoms with van der Waals surface area (Å²) in [5.41, 5.74) is 9.03. The van der Waals surface area contributed by atoms with Crippen LogP contribution in [0.15, 0.2) is 36.5 Å². The SMILES string of the molecule is COC(=O)c1cccc(Nc2ccc(C)nc2)c1N. The van der Waals surface area contributed by atoms with Crippen LogP contribution in [-0.2, 0) is 4.74 Å². The number of carbonyl (C=O) groups is 1. The summed E-state index contributed by atoms with van der Waals surface area (Å²) in [7, 11) is 1.33. The monoisotopic (exact) mass is 257 g/mol. The Kier molecular flexibility index (Phi) is 3.66. The average Bonchev–Trinajstić information content (AvgIpc) is 2.43. The Bertz CT molecular complexity index is 594. The van der Waals surface area contributed by atoms with E-state index in [2.05, 4.69) is 15.0 Å². The summed E-state index contributed by atoms with van der Waals surface area (Å²) >= 11 is 0. The van der Waals surface area contributed by atoms with Crippen LogP contribution in [-0.4, -0.2) is 18.1 Å². The first-order valence-electron chi connectivity index (χ1n) is 5.78. The van der Waals surface area contributed by atoms with Crippen molar-refractivity contribution in [3.05, 3.63) is 47.8 Å². The molecule has 3 N–H and O–H groups in total. The number of nitrogen functional groups attached to an aromatic ring is 1. The molecule has 0 saturated carbocycles. The molecule has 1 aromatic heterocycles. The van der Waals surface area contributed by atoms with Crippen molar-refractivity contribution in [3.63, 3.8) is 0 Å². The number of pyridine rings is 1.